The van der Waals surface area contributed by atoms with Crippen molar-refractivity contribution in [2.45, 2.75) is 186 Å². The van der Waals surface area contributed by atoms with E-state index in [1.807, 2.05) is 6.55 Å². The third kappa shape index (κ3) is 32.8. The summed E-state index contributed by atoms with van der Waals surface area (Å²) in [4.78, 5) is 0. The Balaban J connectivity index is 3.03. The highest BCUT2D eigenvalue weighted by atomic mass is 35.7. The zero-order valence-electron chi connectivity index (χ0n) is 23.2. The molecule has 0 atom stereocenters. The first-order valence-electron chi connectivity index (χ1n) is 15.5. The lowest BCUT2D eigenvalue weighted by molar-refractivity contribution is 0.282. The Morgan fingerprint density at radius 2 is 0.529 bits per heavy atom. The van der Waals surface area contributed by atoms with E-state index < -0.39 is 6.69 Å². The molecule has 0 aliphatic heterocycles. The Kier molecular flexibility index (Phi) is 29.0. The highest BCUT2D eigenvalue weighted by Gasteiger charge is 2.19. The molecule has 0 unspecified atom stereocenters. The van der Waals surface area contributed by atoms with E-state index in [9.17, 15) is 0 Å². The third-order valence-corrected chi connectivity index (χ3v) is 9.64. The minimum atomic E-state index is -1.84. The van der Waals surface area contributed by atoms with Crippen LogP contribution in [0, 0.1) is 0 Å². The maximum atomic E-state index is 8.77. The number of unbranched alkanes of at least 4 members (excludes halogenated alkanes) is 26. The molecule has 0 amide bonds. The molecular weight excluding hydrogens is 475 g/mol. The van der Waals surface area contributed by atoms with Gasteiger partial charge in [-0.3, -0.25) is 0 Å². The van der Waals surface area contributed by atoms with Crippen LogP contribution in [0.15, 0.2) is 0 Å². The molecule has 1 N–H and O–H groups in total. The zero-order chi connectivity index (χ0) is 25.0. The van der Waals surface area contributed by atoms with E-state index in [4.69, 9.17) is 27.3 Å². The molecule has 0 saturated carbocycles. The van der Waals surface area contributed by atoms with Gasteiger partial charge in [0.05, 0.1) is 0 Å². The summed E-state index contributed by atoms with van der Waals surface area (Å²) in [5.41, 5.74) is 0. The number of hydrogen-bond donors (Lipinski definition) is 1. The zero-order valence-corrected chi connectivity index (χ0v) is 25.7. The smallest absolute Gasteiger partial charge is 0.248 e. The highest BCUT2D eigenvalue weighted by Crippen LogP contribution is 2.23. The maximum Gasteiger partial charge on any atom is 0.248 e. The monoisotopic (exact) mass is 536 g/mol. The molecule has 0 saturated heterocycles. The molecule has 0 heterocycles. The van der Waals surface area contributed by atoms with E-state index in [1.165, 1.54) is 167 Å². The Bertz CT molecular complexity index is 373. The van der Waals surface area contributed by atoms with Gasteiger partial charge in [0, 0.05) is 6.61 Å². The second kappa shape index (κ2) is 28.3. The molecule has 4 heteroatoms. The minimum Gasteiger partial charge on any atom is -0.396 e. The van der Waals surface area contributed by atoms with Crippen molar-refractivity contribution in [1.29, 1.82) is 0 Å². The largest absolute Gasteiger partial charge is 0.396 e. The molecule has 0 aliphatic carbocycles. The first kappa shape index (κ1) is 34.8. The molecule has 0 aromatic carbocycles. The average molecular weight is 538 g/mol. The summed E-state index contributed by atoms with van der Waals surface area (Å²) >= 11 is 12.3. The van der Waals surface area contributed by atoms with Crippen LogP contribution in [0.1, 0.15) is 173 Å². The van der Waals surface area contributed by atoms with Crippen LogP contribution in [0.5, 0.6) is 0 Å². The standard InChI is InChI=1S/C30H62Cl2OSi/c1-34(31,32)30-28-26-24-22-20-18-16-14-12-10-8-6-4-2-3-5-7-9-11-13-15-17-19-21-23-25-27-29-33/h33H,2-30H2,1H3. The molecule has 206 valence electrons. The van der Waals surface area contributed by atoms with Crippen LogP contribution < -0.4 is 0 Å². The van der Waals surface area contributed by atoms with Crippen molar-refractivity contribution < 1.29 is 5.11 Å². The van der Waals surface area contributed by atoms with Crippen molar-refractivity contribution in [1.82, 2.24) is 0 Å². The highest BCUT2D eigenvalue weighted by molar-refractivity contribution is 7.44. The van der Waals surface area contributed by atoms with E-state index in [1.54, 1.807) is 0 Å². The quantitative estimate of drug-likeness (QED) is 0.0571. The van der Waals surface area contributed by atoms with Crippen LogP contribution in [0.2, 0.25) is 12.6 Å². The lowest BCUT2D eigenvalue weighted by atomic mass is 10.0. The molecule has 0 aliphatic rings. The Labute approximate surface area is 226 Å². The Morgan fingerprint density at radius 1 is 0.353 bits per heavy atom. The fourth-order valence-corrected chi connectivity index (χ4v) is 6.64. The van der Waals surface area contributed by atoms with E-state index in [-0.39, 0.29) is 0 Å². The van der Waals surface area contributed by atoms with Gasteiger partial charge in [-0.15, -0.1) is 22.2 Å². The van der Waals surface area contributed by atoms with Crippen LogP contribution in [0.25, 0.3) is 0 Å². The van der Waals surface area contributed by atoms with E-state index >= 15 is 0 Å². The van der Waals surface area contributed by atoms with Crippen LogP contribution in [0.3, 0.4) is 0 Å². The molecule has 34 heavy (non-hydrogen) atoms. The van der Waals surface area contributed by atoms with Crippen molar-refractivity contribution in [2.24, 2.45) is 0 Å². The number of aliphatic hydroxyl groups is 1. The van der Waals surface area contributed by atoms with Gasteiger partial charge < -0.3 is 5.11 Å². The fraction of sp³-hybridized carbons (Fsp3) is 1.00. The summed E-state index contributed by atoms with van der Waals surface area (Å²) in [7, 11) is 0. The van der Waals surface area contributed by atoms with Crippen molar-refractivity contribution >= 4 is 28.9 Å². The second-order valence-corrected chi connectivity index (χ2v) is 19.3. The van der Waals surface area contributed by atoms with Crippen LogP contribution in [0.4, 0.5) is 0 Å². The molecule has 0 aromatic rings. The third-order valence-electron chi connectivity index (χ3n) is 7.27. The average Bonchev–Trinajstić information content (AvgIpc) is 2.80. The van der Waals surface area contributed by atoms with Crippen molar-refractivity contribution in [3.8, 4) is 0 Å². The van der Waals surface area contributed by atoms with E-state index in [0.29, 0.717) is 6.61 Å². The summed E-state index contributed by atoms with van der Waals surface area (Å²) in [6, 6.07) is 1.06. The predicted molar refractivity (Wildman–Crippen MR) is 160 cm³/mol. The summed E-state index contributed by atoms with van der Waals surface area (Å²) in [5, 5.41) is 8.77. The molecule has 0 aromatic heterocycles. The van der Waals surface area contributed by atoms with Gasteiger partial charge in [-0.2, -0.15) is 0 Å². The van der Waals surface area contributed by atoms with Gasteiger partial charge >= 0.3 is 0 Å². The summed E-state index contributed by atoms with van der Waals surface area (Å²) in [6.45, 7) is 0.566. The van der Waals surface area contributed by atoms with Crippen LogP contribution in [-0.4, -0.2) is 18.4 Å². The first-order chi connectivity index (χ1) is 16.6. The van der Waals surface area contributed by atoms with Crippen molar-refractivity contribution in [3.05, 3.63) is 0 Å². The predicted octanol–water partition coefficient (Wildman–Crippen LogP) is 12.1. The number of aliphatic hydroxyl groups excluding tert-OH is 1. The van der Waals surface area contributed by atoms with Gasteiger partial charge in [0.2, 0.25) is 6.69 Å². The molecule has 0 fully saturated rings. The normalized spacial score (nSPS) is 12.0. The lowest BCUT2D eigenvalue weighted by Crippen LogP contribution is -2.11. The first-order valence-corrected chi connectivity index (χ1v) is 20.3. The molecule has 0 spiro atoms. The van der Waals surface area contributed by atoms with Gasteiger partial charge in [-0.25, -0.2) is 0 Å². The lowest BCUT2D eigenvalue weighted by Gasteiger charge is -2.09. The molecule has 0 radical (unpaired) electrons. The van der Waals surface area contributed by atoms with E-state index in [2.05, 4.69) is 0 Å². The number of rotatable bonds is 29. The Hall–Kier alpha value is 0.757. The van der Waals surface area contributed by atoms with Crippen LogP contribution in [-0.2, 0) is 0 Å². The number of halogens is 2. The molecule has 0 rings (SSSR count). The Morgan fingerprint density at radius 3 is 0.706 bits per heavy atom. The summed E-state index contributed by atoms with van der Waals surface area (Å²) in [6.07, 6.45) is 37.7. The minimum absolute atomic E-state index is 0.370. The van der Waals surface area contributed by atoms with Gasteiger partial charge in [0.1, 0.15) is 0 Å². The van der Waals surface area contributed by atoms with Crippen LogP contribution >= 0.6 is 22.2 Å². The molecule has 0 bridgehead atoms. The van der Waals surface area contributed by atoms with Gasteiger partial charge in [0.25, 0.3) is 0 Å². The molecule has 1 nitrogen and oxygen atoms in total. The fourth-order valence-electron chi connectivity index (χ4n) is 4.97. The summed E-state index contributed by atoms with van der Waals surface area (Å²) in [5.74, 6) is 0. The number of hydrogen-bond acceptors (Lipinski definition) is 1. The molecular formula is C30H62Cl2OSi. The maximum absolute atomic E-state index is 8.77. The second-order valence-electron chi connectivity index (χ2n) is 11.1. The topological polar surface area (TPSA) is 20.2 Å². The van der Waals surface area contributed by atoms with Gasteiger partial charge in [0.15, 0.2) is 0 Å². The van der Waals surface area contributed by atoms with E-state index in [0.717, 1.165) is 12.5 Å². The van der Waals surface area contributed by atoms with Gasteiger partial charge in [-0.05, 0) is 19.0 Å². The summed E-state index contributed by atoms with van der Waals surface area (Å²) < 4.78 is 0. The van der Waals surface area contributed by atoms with Gasteiger partial charge in [-0.1, -0.05) is 167 Å². The van der Waals surface area contributed by atoms with Crippen molar-refractivity contribution in [2.75, 3.05) is 6.61 Å². The SMILES string of the molecule is C[Si](Cl)(Cl)CCCCCCCCCCCCCCCCCCCCCCCCCCCCCO. The van der Waals surface area contributed by atoms with Crippen molar-refractivity contribution in [3.63, 3.8) is 0 Å².